The molecule has 0 fully saturated rings. The zero-order chi connectivity index (χ0) is 18.1. The van der Waals surface area contributed by atoms with E-state index < -0.39 is 0 Å². The number of rotatable bonds is 5. The number of hydrazone groups is 1. The maximum Gasteiger partial charge on any atom is 0.188 e. The van der Waals surface area contributed by atoms with E-state index in [1.54, 1.807) is 0 Å². The van der Waals surface area contributed by atoms with E-state index in [1.807, 2.05) is 25.1 Å². The fraction of sp³-hybridized carbons (Fsp3) is 0.409. The third-order valence-electron chi connectivity index (χ3n) is 4.95. The van der Waals surface area contributed by atoms with Crippen LogP contribution in [0.1, 0.15) is 50.8 Å². The van der Waals surface area contributed by atoms with E-state index in [0.29, 0.717) is 12.5 Å². The van der Waals surface area contributed by atoms with Crippen LogP contribution in [0.3, 0.4) is 0 Å². The molecular weight excluding hydrogens is 324 g/mol. The first-order valence-corrected chi connectivity index (χ1v) is 9.50. The summed E-state index contributed by atoms with van der Waals surface area (Å²) < 4.78 is 11.8. The molecular formula is C22H26N2O2. The molecule has 0 saturated heterocycles. The third kappa shape index (κ3) is 3.16. The standard InChI is InChI=1S/C22H26N2O2/c1-4-25-17-11-9-16(10-12-17)19-14-20-18-7-5-6-8-21(18)26-22(13-15(2)3)24(20)23-19/h5-12,15,20,22H,4,13-14H2,1-3H3/t20-,22+/m1/s1. The molecule has 0 unspecified atom stereocenters. The lowest BCUT2D eigenvalue weighted by Gasteiger charge is -2.38. The number of para-hydroxylation sites is 1. The van der Waals surface area contributed by atoms with Crippen LogP contribution in [-0.2, 0) is 0 Å². The lowest BCUT2D eigenvalue weighted by molar-refractivity contribution is -0.0291. The van der Waals surface area contributed by atoms with Crippen LogP contribution >= 0.6 is 0 Å². The minimum Gasteiger partial charge on any atom is -0.494 e. The first-order valence-electron chi connectivity index (χ1n) is 9.50. The van der Waals surface area contributed by atoms with Crippen LogP contribution in [0.4, 0.5) is 0 Å². The van der Waals surface area contributed by atoms with Crippen molar-refractivity contribution >= 4 is 5.71 Å². The summed E-state index contributed by atoms with van der Waals surface area (Å²) in [5.74, 6) is 2.46. The Kier molecular flexibility index (Phi) is 4.58. The fourth-order valence-electron chi connectivity index (χ4n) is 3.75. The Balaban J connectivity index is 1.64. The molecule has 0 bridgehead atoms. The van der Waals surface area contributed by atoms with Gasteiger partial charge in [-0.3, -0.25) is 5.01 Å². The summed E-state index contributed by atoms with van der Waals surface area (Å²) in [5.41, 5.74) is 3.51. The second-order valence-corrected chi connectivity index (χ2v) is 7.34. The van der Waals surface area contributed by atoms with Crippen LogP contribution in [0.5, 0.6) is 11.5 Å². The molecule has 26 heavy (non-hydrogen) atoms. The SMILES string of the molecule is CCOc1ccc(C2=NN3[C@H](CC(C)C)Oc4ccccc4[C@H]3C2)cc1. The largest absolute Gasteiger partial charge is 0.494 e. The first kappa shape index (κ1) is 17.0. The molecule has 0 amide bonds. The lowest BCUT2D eigenvalue weighted by atomic mass is 9.95. The quantitative estimate of drug-likeness (QED) is 0.761. The average molecular weight is 350 g/mol. The highest BCUT2D eigenvalue weighted by molar-refractivity contribution is 6.02. The Hall–Kier alpha value is -2.49. The summed E-state index contributed by atoms with van der Waals surface area (Å²) in [6.45, 7) is 7.14. The highest BCUT2D eigenvalue weighted by Gasteiger charge is 2.40. The second kappa shape index (κ2) is 7.02. The van der Waals surface area contributed by atoms with E-state index >= 15 is 0 Å². The van der Waals surface area contributed by atoms with Crippen molar-refractivity contribution in [2.75, 3.05) is 6.61 Å². The summed E-state index contributed by atoms with van der Waals surface area (Å²) >= 11 is 0. The normalized spacial score (nSPS) is 21.1. The summed E-state index contributed by atoms with van der Waals surface area (Å²) in [7, 11) is 0. The molecule has 0 N–H and O–H groups in total. The predicted octanol–water partition coefficient (Wildman–Crippen LogP) is 5.00. The smallest absolute Gasteiger partial charge is 0.188 e. The van der Waals surface area contributed by atoms with Gasteiger partial charge in [0.1, 0.15) is 11.5 Å². The van der Waals surface area contributed by atoms with Crippen LogP contribution < -0.4 is 9.47 Å². The van der Waals surface area contributed by atoms with Crippen molar-refractivity contribution in [1.82, 2.24) is 5.01 Å². The van der Waals surface area contributed by atoms with Crippen molar-refractivity contribution in [3.05, 3.63) is 59.7 Å². The van der Waals surface area contributed by atoms with E-state index in [1.165, 1.54) is 5.56 Å². The Labute approximate surface area is 155 Å². The maximum absolute atomic E-state index is 6.29. The molecule has 2 aromatic carbocycles. The zero-order valence-electron chi connectivity index (χ0n) is 15.7. The molecule has 0 saturated carbocycles. The van der Waals surface area contributed by atoms with Gasteiger partial charge in [0.2, 0.25) is 0 Å². The van der Waals surface area contributed by atoms with E-state index in [-0.39, 0.29) is 12.3 Å². The number of ether oxygens (including phenoxy) is 2. The molecule has 4 heteroatoms. The molecule has 2 heterocycles. The minimum atomic E-state index is -0.00454. The van der Waals surface area contributed by atoms with Crippen LogP contribution in [0.15, 0.2) is 53.6 Å². The van der Waals surface area contributed by atoms with Gasteiger partial charge in [0.15, 0.2) is 6.23 Å². The predicted molar refractivity (Wildman–Crippen MR) is 104 cm³/mol. The highest BCUT2D eigenvalue weighted by Crippen LogP contribution is 2.44. The van der Waals surface area contributed by atoms with Gasteiger partial charge in [0, 0.05) is 18.4 Å². The van der Waals surface area contributed by atoms with Crippen molar-refractivity contribution in [3.63, 3.8) is 0 Å². The summed E-state index contributed by atoms with van der Waals surface area (Å²) in [6, 6.07) is 16.9. The molecule has 0 spiro atoms. The van der Waals surface area contributed by atoms with Crippen LogP contribution in [0, 0.1) is 5.92 Å². The Morgan fingerprint density at radius 2 is 1.92 bits per heavy atom. The van der Waals surface area contributed by atoms with Crippen molar-refractivity contribution in [3.8, 4) is 11.5 Å². The molecule has 2 aliphatic rings. The van der Waals surface area contributed by atoms with E-state index in [0.717, 1.165) is 35.6 Å². The topological polar surface area (TPSA) is 34.1 Å². The second-order valence-electron chi connectivity index (χ2n) is 7.34. The van der Waals surface area contributed by atoms with Gasteiger partial charge < -0.3 is 9.47 Å². The number of hydrogen-bond acceptors (Lipinski definition) is 4. The van der Waals surface area contributed by atoms with Crippen molar-refractivity contribution < 1.29 is 9.47 Å². The average Bonchev–Trinajstić information content (AvgIpc) is 3.08. The zero-order valence-corrected chi connectivity index (χ0v) is 15.7. The van der Waals surface area contributed by atoms with Gasteiger partial charge in [-0.05, 0) is 48.7 Å². The Bertz CT molecular complexity index is 798. The van der Waals surface area contributed by atoms with Crippen LogP contribution in [0.2, 0.25) is 0 Å². The summed E-state index contributed by atoms with van der Waals surface area (Å²) in [6.07, 6.45) is 1.86. The van der Waals surface area contributed by atoms with Gasteiger partial charge in [0.25, 0.3) is 0 Å². The minimum absolute atomic E-state index is 0.00454. The molecule has 2 aromatic rings. The third-order valence-corrected chi connectivity index (χ3v) is 4.95. The van der Waals surface area contributed by atoms with Crippen molar-refractivity contribution in [2.45, 2.75) is 45.9 Å². The van der Waals surface area contributed by atoms with E-state index in [4.69, 9.17) is 14.6 Å². The van der Waals surface area contributed by atoms with Crippen LogP contribution in [0.25, 0.3) is 0 Å². The van der Waals surface area contributed by atoms with Gasteiger partial charge in [-0.15, -0.1) is 0 Å². The molecule has 0 aliphatic carbocycles. The summed E-state index contributed by atoms with van der Waals surface area (Å²) in [4.78, 5) is 0. The number of nitrogens with zero attached hydrogens (tertiary/aromatic N) is 2. The molecule has 4 rings (SSSR count). The molecule has 0 aromatic heterocycles. The molecule has 2 aliphatic heterocycles. The molecule has 0 radical (unpaired) electrons. The number of benzene rings is 2. The lowest BCUT2D eigenvalue weighted by Crippen LogP contribution is -2.41. The van der Waals surface area contributed by atoms with Crippen molar-refractivity contribution in [1.29, 1.82) is 0 Å². The van der Waals surface area contributed by atoms with E-state index in [9.17, 15) is 0 Å². The fourth-order valence-corrected chi connectivity index (χ4v) is 3.75. The van der Waals surface area contributed by atoms with Gasteiger partial charge >= 0.3 is 0 Å². The highest BCUT2D eigenvalue weighted by atomic mass is 16.5. The number of hydrogen-bond donors (Lipinski definition) is 0. The first-order chi connectivity index (χ1) is 12.7. The Morgan fingerprint density at radius 1 is 1.15 bits per heavy atom. The molecule has 4 nitrogen and oxygen atoms in total. The van der Waals surface area contributed by atoms with Crippen molar-refractivity contribution in [2.24, 2.45) is 11.0 Å². The Morgan fingerprint density at radius 3 is 2.65 bits per heavy atom. The molecule has 136 valence electrons. The van der Waals surface area contributed by atoms with Gasteiger partial charge in [-0.25, -0.2) is 0 Å². The van der Waals surface area contributed by atoms with Gasteiger partial charge in [-0.2, -0.15) is 5.10 Å². The molecule has 2 atom stereocenters. The monoisotopic (exact) mass is 350 g/mol. The van der Waals surface area contributed by atoms with Gasteiger partial charge in [0.05, 0.1) is 18.4 Å². The van der Waals surface area contributed by atoms with Crippen LogP contribution in [-0.4, -0.2) is 23.6 Å². The summed E-state index contributed by atoms with van der Waals surface area (Å²) in [5, 5.41) is 7.15. The maximum atomic E-state index is 6.29. The van der Waals surface area contributed by atoms with Gasteiger partial charge in [-0.1, -0.05) is 32.0 Å². The van der Waals surface area contributed by atoms with E-state index in [2.05, 4.69) is 49.2 Å². The number of fused-ring (bicyclic) bond motifs is 3.